The molecule has 21 heavy (non-hydrogen) atoms. The molecule has 1 aliphatic heterocycles. The highest BCUT2D eigenvalue weighted by Crippen LogP contribution is 2.35. The van der Waals surface area contributed by atoms with Crippen LogP contribution in [0.15, 0.2) is 16.3 Å². The lowest BCUT2D eigenvalue weighted by molar-refractivity contribution is -0.166. The van der Waals surface area contributed by atoms with Crippen LogP contribution in [0, 0.1) is 0 Å². The molecule has 1 fully saturated rings. The van der Waals surface area contributed by atoms with E-state index in [0.717, 1.165) is 16.2 Å². The molecule has 2 rings (SSSR count). The first kappa shape index (κ1) is 16.5. The molecule has 0 aromatic carbocycles. The number of halogens is 1. The van der Waals surface area contributed by atoms with Crippen LogP contribution in [0.4, 0.5) is 4.79 Å². The zero-order valence-electron chi connectivity index (χ0n) is 11.8. The third kappa shape index (κ3) is 3.88. The van der Waals surface area contributed by atoms with Crippen molar-refractivity contribution >= 4 is 37.2 Å². The molecule has 0 spiro atoms. The van der Waals surface area contributed by atoms with Crippen molar-refractivity contribution in [3.63, 3.8) is 0 Å². The third-order valence-electron chi connectivity index (χ3n) is 3.21. The minimum absolute atomic E-state index is 0.111. The van der Waals surface area contributed by atoms with Gasteiger partial charge in [-0.3, -0.25) is 0 Å². The average molecular weight is 354 g/mol. The summed E-state index contributed by atoms with van der Waals surface area (Å²) >= 11 is 1.13. The van der Waals surface area contributed by atoms with E-state index in [1.54, 1.807) is 24.8 Å². The predicted octanol–water partition coefficient (Wildman–Crippen LogP) is 2.59. The lowest BCUT2D eigenvalue weighted by atomic mass is 9.99. The lowest BCUT2D eigenvalue weighted by Gasteiger charge is -2.39. The molecular formula is C12H16ClNO5S2. The number of hydrogen-bond donors (Lipinski definition) is 0. The van der Waals surface area contributed by atoms with Crippen molar-refractivity contribution in [1.29, 1.82) is 0 Å². The van der Waals surface area contributed by atoms with Gasteiger partial charge in [0.2, 0.25) is 5.79 Å². The Balaban J connectivity index is 1.92. The highest BCUT2D eigenvalue weighted by molar-refractivity contribution is 8.15. The Morgan fingerprint density at radius 1 is 1.43 bits per heavy atom. The van der Waals surface area contributed by atoms with Crippen molar-refractivity contribution < 1.29 is 22.7 Å². The van der Waals surface area contributed by atoms with Crippen LogP contribution >= 0.6 is 22.0 Å². The number of amides is 1. The van der Waals surface area contributed by atoms with Gasteiger partial charge >= 0.3 is 6.09 Å². The lowest BCUT2D eigenvalue weighted by Crippen LogP contribution is -2.50. The fourth-order valence-corrected chi connectivity index (χ4v) is 3.98. The number of hydrogen-bond acceptors (Lipinski definition) is 6. The Labute approximate surface area is 132 Å². The smallest absolute Gasteiger partial charge is 0.412 e. The summed E-state index contributed by atoms with van der Waals surface area (Å²) in [6, 6.07) is 3.21. The molecule has 1 amide bonds. The second-order valence-electron chi connectivity index (χ2n) is 5.17. The number of likely N-dealkylation sites (tertiary alicyclic amines) is 1. The van der Waals surface area contributed by atoms with Crippen molar-refractivity contribution in [3.05, 3.63) is 17.0 Å². The molecule has 9 heteroatoms. The van der Waals surface area contributed by atoms with Crippen molar-refractivity contribution in [2.45, 2.75) is 29.8 Å². The van der Waals surface area contributed by atoms with Gasteiger partial charge in [-0.1, -0.05) is 0 Å². The van der Waals surface area contributed by atoms with Crippen molar-refractivity contribution in [2.24, 2.45) is 0 Å². The second kappa shape index (κ2) is 5.75. The fraction of sp³-hybridized carbons (Fsp3) is 0.583. The van der Waals surface area contributed by atoms with Gasteiger partial charge in [-0.15, -0.1) is 11.3 Å². The van der Waals surface area contributed by atoms with Gasteiger partial charge in [-0.25, -0.2) is 13.2 Å². The molecule has 0 radical (unpaired) electrons. The molecule has 0 saturated carbocycles. The van der Waals surface area contributed by atoms with Gasteiger partial charge in [0, 0.05) is 55.5 Å². The number of carbonyl (C=O) groups excluding carboxylic acids is 1. The predicted molar refractivity (Wildman–Crippen MR) is 79.2 cm³/mol. The van der Waals surface area contributed by atoms with Crippen LogP contribution in [0.25, 0.3) is 0 Å². The maximum atomic E-state index is 11.9. The molecule has 1 aliphatic rings. The van der Waals surface area contributed by atoms with E-state index in [0.29, 0.717) is 13.1 Å². The molecule has 1 saturated heterocycles. The Hall–Kier alpha value is -0.830. The van der Waals surface area contributed by atoms with Crippen molar-refractivity contribution in [1.82, 2.24) is 4.90 Å². The highest BCUT2D eigenvalue weighted by atomic mass is 35.7. The molecule has 0 N–H and O–H groups in total. The summed E-state index contributed by atoms with van der Waals surface area (Å²) in [5, 5.41) is 0. The number of ether oxygens (including phenoxy) is 2. The number of carbonyl (C=O) groups is 1. The Morgan fingerprint density at radius 3 is 2.52 bits per heavy atom. The summed E-state index contributed by atoms with van der Waals surface area (Å²) < 4.78 is 32.8. The van der Waals surface area contributed by atoms with Crippen molar-refractivity contribution in [3.8, 4) is 0 Å². The van der Waals surface area contributed by atoms with Crippen LogP contribution in [0.1, 0.15) is 24.6 Å². The van der Waals surface area contributed by atoms with Crippen LogP contribution in [-0.4, -0.2) is 45.4 Å². The van der Waals surface area contributed by atoms with Gasteiger partial charge in [-0.05, 0) is 12.1 Å². The molecule has 6 nitrogen and oxygen atoms in total. The molecule has 118 valence electrons. The van der Waals surface area contributed by atoms with Crippen LogP contribution < -0.4 is 0 Å². The Kier molecular flexibility index (Phi) is 4.53. The normalized spacial score (nSPS) is 16.7. The van der Waals surface area contributed by atoms with Crippen molar-refractivity contribution in [2.75, 3.05) is 20.2 Å². The van der Waals surface area contributed by atoms with Gasteiger partial charge in [0.25, 0.3) is 9.05 Å². The number of methoxy groups -OCH3 is 1. The first-order valence-electron chi connectivity index (χ1n) is 6.20. The molecule has 1 aromatic rings. The summed E-state index contributed by atoms with van der Waals surface area (Å²) in [6.45, 7) is 4.28. The molecule has 0 bridgehead atoms. The van der Waals surface area contributed by atoms with Gasteiger partial charge in [0.1, 0.15) is 4.21 Å². The SMILES string of the molecule is COC(C)(C)OC(=O)N1CC(c2ccc(S(=O)(=O)Cl)s2)C1. The first-order valence-corrected chi connectivity index (χ1v) is 9.32. The van der Waals surface area contributed by atoms with E-state index in [1.807, 2.05) is 0 Å². The highest BCUT2D eigenvalue weighted by Gasteiger charge is 2.36. The summed E-state index contributed by atoms with van der Waals surface area (Å²) in [6.07, 6.45) is -0.445. The van der Waals surface area contributed by atoms with E-state index in [4.69, 9.17) is 20.2 Å². The van der Waals surface area contributed by atoms with Gasteiger partial charge in [0.15, 0.2) is 0 Å². The van der Waals surface area contributed by atoms with E-state index in [2.05, 4.69) is 0 Å². The zero-order chi connectivity index (χ0) is 15.8. The van der Waals surface area contributed by atoms with Crippen LogP contribution in [0.3, 0.4) is 0 Å². The minimum Gasteiger partial charge on any atom is -0.417 e. The largest absolute Gasteiger partial charge is 0.417 e. The maximum Gasteiger partial charge on any atom is 0.412 e. The van der Waals surface area contributed by atoms with E-state index in [1.165, 1.54) is 13.2 Å². The quantitative estimate of drug-likeness (QED) is 0.614. The van der Waals surface area contributed by atoms with Gasteiger partial charge < -0.3 is 14.4 Å². The van der Waals surface area contributed by atoms with E-state index >= 15 is 0 Å². The standard InChI is InChI=1S/C12H16ClNO5S2/c1-12(2,18-3)19-11(15)14-6-8(7-14)9-4-5-10(20-9)21(13,16)17/h4-5,8H,6-7H2,1-3H3. The summed E-state index contributed by atoms with van der Waals surface area (Å²) in [5.41, 5.74) is 0. The van der Waals surface area contributed by atoms with Gasteiger partial charge in [0.05, 0.1) is 0 Å². The molecule has 0 unspecified atom stereocenters. The second-order valence-corrected chi connectivity index (χ2v) is 9.08. The van der Waals surface area contributed by atoms with Gasteiger partial charge in [-0.2, -0.15) is 0 Å². The van der Waals surface area contributed by atoms with Crippen LogP contribution in [0.2, 0.25) is 0 Å². The zero-order valence-corrected chi connectivity index (χ0v) is 14.2. The topological polar surface area (TPSA) is 72.9 Å². The molecule has 0 aliphatic carbocycles. The van der Waals surface area contributed by atoms with E-state index in [9.17, 15) is 13.2 Å². The van der Waals surface area contributed by atoms with E-state index in [-0.39, 0.29) is 10.1 Å². The minimum atomic E-state index is -3.69. The third-order valence-corrected chi connectivity index (χ3v) is 6.55. The monoisotopic (exact) mass is 353 g/mol. The maximum absolute atomic E-state index is 11.9. The summed E-state index contributed by atoms with van der Waals surface area (Å²) in [7, 11) is 3.07. The Morgan fingerprint density at radius 2 is 2.05 bits per heavy atom. The average Bonchev–Trinajstić information content (AvgIpc) is 2.75. The molecular weight excluding hydrogens is 338 g/mol. The Bertz CT molecular complexity index is 634. The number of thiophene rings is 1. The summed E-state index contributed by atoms with van der Waals surface area (Å²) in [5.74, 6) is -0.856. The molecule has 0 atom stereocenters. The fourth-order valence-electron chi connectivity index (χ4n) is 1.81. The van der Waals surface area contributed by atoms with Crippen LogP contribution in [-0.2, 0) is 18.5 Å². The van der Waals surface area contributed by atoms with E-state index < -0.39 is 20.9 Å². The first-order chi connectivity index (χ1) is 9.62. The number of rotatable bonds is 4. The summed E-state index contributed by atoms with van der Waals surface area (Å²) in [4.78, 5) is 14.3. The molecule has 1 aromatic heterocycles. The molecule has 2 heterocycles. The number of nitrogens with zero attached hydrogens (tertiary/aromatic N) is 1. The van der Waals surface area contributed by atoms with Crippen LogP contribution in [0.5, 0.6) is 0 Å².